The molecule has 0 aromatic heterocycles. The van der Waals surface area contributed by atoms with Crippen molar-refractivity contribution in [2.24, 2.45) is 0 Å². The number of anilines is 2. The van der Waals surface area contributed by atoms with E-state index in [1.165, 1.54) is 5.69 Å². The number of allylic oxidation sites excluding steroid dienone is 1. The van der Waals surface area contributed by atoms with Crippen molar-refractivity contribution in [1.82, 2.24) is 5.32 Å². The minimum absolute atomic E-state index is 0.207. The first-order valence-electron chi connectivity index (χ1n) is 7.60. The molecular weight excluding hydrogens is 262 g/mol. The van der Waals surface area contributed by atoms with E-state index < -0.39 is 0 Å². The molecule has 0 aliphatic rings. The van der Waals surface area contributed by atoms with Crippen LogP contribution in [0.2, 0.25) is 0 Å². The van der Waals surface area contributed by atoms with Crippen LogP contribution in [0.15, 0.2) is 30.0 Å². The predicted octanol–water partition coefficient (Wildman–Crippen LogP) is 4.28. The highest BCUT2D eigenvalue weighted by molar-refractivity contribution is 5.91. The molecule has 0 heterocycles. The largest absolute Gasteiger partial charge is 0.372 e. The quantitative estimate of drug-likeness (QED) is 0.821. The highest BCUT2D eigenvalue weighted by Gasteiger charge is 2.07. The fraction of sp³-hybridized carbons (Fsp3) is 0.471. The lowest BCUT2D eigenvalue weighted by molar-refractivity contribution is 0.255. The fourth-order valence-electron chi connectivity index (χ4n) is 2.02. The molecule has 0 atom stereocenters. The van der Waals surface area contributed by atoms with Crippen LogP contribution < -0.4 is 15.5 Å². The molecule has 1 aromatic carbocycles. The number of rotatable bonds is 6. The zero-order valence-corrected chi connectivity index (χ0v) is 13.8. The van der Waals surface area contributed by atoms with E-state index in [0.717, 1.165) is 36.3 Å². The van der Waals surface area contributed by atoms with Gasteiger partial charge in [0.25, 0.3) is 0 Å². The highest BCUT2D eigenvalue weighted by Crippen LogP contribution is 2.22. The molecule has 0 aliphatic heterocycles. The fourth-order valence-corrected chi connectivity index (χ4v) is 2.02. The molecule has 1 aromatic rings. The number of hydrogen-bond donors (Lipinski definition) is 2. The van der Waals surface area contributed by atoms with Gasteiger partial charge in [-0.1, -0.05) is 12.5 Å². The maximum absolute atomic E-state index is 11.8. The Bertz CT molecular complexity index is 505. The number of benzene rings is 1. The van der Waals surface area contributed by atoms with Gasteiger partial charge in [-0.15, -0.1) is 0 Å². The predicted molar refractivity (Wildman–Crippen MR) is 90.9 cm³/mol. The van der Waals surface area contributed by atoms with Crippen LogP contribution in [0.4, 0.5) is 16.2 Å². The molecule has 2 amide bonds. The van der Waals surface area contributed by atoms with Crippen LogP contribution in [-0.2, 0) is 0 Å². The Kier molecular flexibility index (Phi) is 6.79. The van der Waals surface area contributed by atoms with Crippen LogP contribution in [0.5, 0.6) is 0 Å². The van der Waals surface area contributed by atoms with Crippen molar-refractivity contribution in [2.75, 3.05) is 23.3 Å². The van der Waals surface area contributed by atoms with E-state index in [1.54, 1.807) is 6.20 Å². The third-order valence-corrected chi connectivity index (χ3v) is 3.59. The summed E-state index contributed by atoms with van der Waals surface area (Å²) in [5.74, 6) is 0. The van der Waals surface area contributed by atoms with Crippen molar-refractivity contribution < 1.29 is 4.79 Å². The van der Waals surface area contributed by atoms with Gasteiger partial charge in [-0.2, -0.15) is 0 Å². The second-order valence-corrected chi connectivity index (χ2v) is 5.11. The molecule has 4 heteroatoms. The number of nitrogens with zero attached hydrogens (tertiary/aromatic N) is 1. The third-order valence-electron chi connectivity index (χ3n) is 3.59. The molecule has 0 saturated heterocycles. The molecule has 21 heavy (non-hydrogen) atoms. The average Bonchev–Trinajstić information content (AvgIpc) is 2.48. The minimum atomic E-state index is -0.207. The van der Waals surface area contributed by atoms with Crippen molar-refractivity contribution in [2.45, 2.75) is 41.0 Å². The first kappa shape index (κ1) is 17.1. The zero-order chi connectivity index (χ0) is 15.8. The van der Waals surface area contributed by atoms with Crippen LogP contribution in [0.25, 0.3) is 0 Å². The summed E-state index contributed by atoms with van der Waals surface area (Å²) in [6.45, 7) is 12.3. The number of urea groups is 1. The van der Waals surface area contributed by atoms with E-state index in [0.29, 0.717) is 0 Å². The summed E-state index contributed by atoms with van der Waals surface area (Å²) in [5, 5.41) is 5.62. The van der Waals surface area contributed by atoms with Gasteiger partial charge in [0, 0.05) is 30.7 Å². The molecule has 116 valence electrons. The number of nitrogens with one attached hydrogen (secondary N) is 2. The van der Waals surface area contributed by atoms with E-state index in [9.17, 15) is 4.79 Å². The van der Waals surface area contributed by atoms with E-state index >= 15 is 0 Å². The molecule has 0 bridgehead atoms. The third kappa shape index (κ3) is 5.14. The Hall–Kier alpha value is -1.97. The Balaban J connectivity index is 2.75. The SMILES string of the molecule is CC/C(C)=C/NC(=O)Nc1ccc(N(CC)CC)cc1C. The van der Waals surface area contributed by atoms with Gasteiger partial charge in [-0.25, -0.2) is 4.79 Å². The lowest BCUT2D eigenvalue weighted by Gasteiger charge is -2.22. The highest BCUT2D eigenvalue weighted by atomic mass is 16.2. The normalized spacial score (nSPS) is 11.2. The lowest BCUT2D eigenvalue weighted by Crippen LogP contribution is -2.25. The summed E-state index contributed by atoms with van der Waals surface area (Å²) in [6.07, 6.45) is 2.67. The molecule has 4 nitrogen and oxygen atoms in total. The number of carbonyl (C=O) groups is 1. The van der Waals surface area contributed by atoms with Crippen molar-refractivity contribution >= 4 is 17.4 Å². The van der Waals surface area contributed by atoms with Crippen molar-refractivity contribution in [1.29, 1.82) is 0 Å². The van der Waals surface area contributed by atoms with E-state index in [4.69, 9.17) is 0 Å². The monoisotopic (exact) mass is 289 g/mol. The first-order chi connectivity index (χ1) is 10.0. The van der Waals surface area contributed by atoms with Gasteiger partial charge in [0.1, 0.15) is 0 Å². The molecule has 2 N–H and O–H groups in total. The standard InChI is InChI=1S/C17H27N3O/c1-6-13(4)12-18-17(21)19-16-10-9-15(11-14(16)5)20(7-2)8-3/h9-12H,6-8H2,1-5H3,(H2,18,19,21)/b13-12+. The summed E-state index contributed by atoms with van der Waals surface area (Å²) in [7, 11) is 0. The van der Waals surface area contributed by atoms with Gasteiger partial charge in [0.2, 0.25) is 0 Å². The van der Waals surface area contributed by atoms with E-state index in [-0.39, 0.29) is 6.03 Å². The molecule has 0 aliphatic carbocycles. The summed E-state index contributed by atoms with van der Waals surface area (Å²) in [6, 6.07) is 5.90. The van der Waals surface area contributed by atoms with E-state index in [2.05, 4.69) is 42.4 Å². The molecular formula is C17H27N3O. The number of aryl methyl sites for hydroxylation is 1. The second kappa shape index (κ2) is 8.35. The van der Waals surface area contributed by atoms with Crippen molar-refractivity contribution in [3.63, 3.8) is 0 Å². The first-order valence-corrected chi connectivity index (χ1v) is 7.60. The Morgan fingerprint density at radius 1 is 1.24 bits per heavy atom. The van der Waals surface area contributed by atoms with Crippen LogP contribution >= 0.6 is 0 Å². The van der Waals surface area contributed by atoms with Crippen molar-refractivity contribution in [3.05, 3.63) is 35.5 Å². The van der Waals surface area contributed by atoms with Gasteiger partial charge in [0.15, 0.2) is 0 Å². The molecule has 1 rings (SSSR count). The minimum Gasteiger partial charge on any atom is -0.372 e. The number of carbonyl (C=O) groups excluding carboxylic acids is 1. The maximum Gasteiger partial charge on any atom is 0.323 e. The number of amides is 2. The van der Waals surface area contributed by atoms with Gasteiger partial charge in [-0.05, 0) is 57.9 Å². The molecule has 0 saturated carbocycles. The zero-order valence-electron chi connectivity index (χ0n) is 13.8. The van der Waals surface area contributed by atoms with Crippen LogP contribution in [0.3, 0.4) is 0 Å². The molecule has 0 radical (unpaired) electrons. The van der Waals surface area contributed by atoms with E-state index in [1.807, 2.05) is 26.0 Å². The Morgan fingerprint density at radius 3 is 2.43 bits per heavy atom. The summed E-state index contributed by atoms with van der Waals surface area (Å²) >= 11 is 0. The van der Waals surface area contributed by atoms with Crippen LogP contribution in [0.1, 0.15) is 39.7 Å². The summed E-state index contributed by atoms with van der Waals surface area (Å²) in [4.78, 5) is 14.1. The number of hydrogen-bond acceptors (Lipinski definition) is 2. The van der Waals surface area contributed by atoms with Gasteiger partial charge in [0.05, 0.1) is 0 Å². The molecule has 0 fully saturated rings. The summed E-state index contributed by atoms with van der Waals surface area (Å²) in [5.41, 5.74) is 4.22. The van der Waals surface area contributed by atoms with Crippen molar-refractivity contribution in [3.8, 4) is 0 Å². The Morgan fingerprint density at radius 2 is 1.90 bits per heavy atom. The lowest BCUT2D eigenvalue weighted by atomic mass is 10.1. The van der Waals surface area contributed by atoms with Gasteiger partial charge >= 0.3 is 6.03 Å². The summed E-state index contributed by atoms with van der Waals surface area (Å²) < 4.78 is 0. The molecule has 0 spiro atoms. The smallest absolute Gasteiger partial charge is 0.323 e. The Labute approximate surface area is 128 Å². The van der Waals surface area contributed by atoms with Gasteiger partial charge < -0.3 is 15.5 Å². The topological polar surface area (TPSA) is 44.4 Å². The maximum atomic E-state index is 11.8. The van der Waals surface area contributed by atoms with Crippen LogP contribution in [0, 0.1) is 6.92 Å². The van der Waals surface area contributed by atoms with Crippen LogP contribution in [-0.4, -0.2) is 19.1 Å². The van der Waals surface area contributed by atoms with Gasteiger partial charge in [-0.3, -0.25) is 0 Å². The second-order valence-electron chi connectivity index (χ2n) is 5.11. The average molecular weight is 289 g/mol. The molecule has 0 unspecified atom stereocenters.